The Balaban J connectivity index is 0.000000774. The second-order valence-corrected chi connectivity index (χ2v) is 8.32. The maximum atomic E-state index is 12.5. The number of rotatable bonds is 3. The average molecular weight is 312 g/mol. The molecule has 1 aromatic rings. The summed E-state index contributed by atoms with van der Waals surface area (Å²) in [6, 6.07) is 8.88. The van der Waals surface area contributed by atoms with Crippen molar-refractivity contribution in [3.8, 4) is 0 Å². The summed E-state index contributed by atoms with van der Waals surface area (Å²) in [7, 11) is -0.870. The van der Waals surface area contributed by atoms with Gasteiger partial charge in [-0.3, -0.25) is 4.48 Å². The van der Waals surface area contributed by atoms with Crippen LogP contribution in [0.4, 0.5) is 0 Å². The Hall–Kier alpha value is -0.910. The minimum atomic E-state index is -3.16. The van der Waals surface area contributed by atoms with Crippen LogP contribution < -0.4 is 0 Å². The van der Waals surface area contributed by atoms with Gasteiger partial charge in [-0.1, -0.05) is 32.0 Å². The number of hydrogen-bond acceptors (Lipinski definition) is 2. The molecule has 5 heteroatoms. The van der Waals surface area contributed by atoms with E-state index in [0.29, 0.717) is 4.90 Å². The second-order valence-electron chi connectivity index (χ2n) is 6.36. The van der Waals surface area contributed by atoms with Crippen molar-refractivity contribution in [2.75, 3.05) is 52.2 Å². The first kappa shape index (κ1) is 16.5. The van der Waals surface area contributed by atoms with Crippen molar-refractivity contribution in [1.29, 1.82) is 0 Å². The third kappa shape index (κ3) is 3.47. The van der Waals surface area contributed by atoms with Crippen LogP contribution in [-0.2, 0) is 9.84 Å². The Morgan fingerprint density at radius 3 is 1.86 bits per heavy atom. The summed E-state index contributed by atoms with van der Waals surface area (Å²) in [5.41, 5.74) is 0. The van der Waals surface area contributed by atoms with Gasteiger partial charge in [-0.05, 0) is 12.1 Å². The Bertz CT molecular complexity index is 545. The number of fused-ring (bicyclic) bond motifs is 3. The van der Waals surface area contributed by atoms with Gasteiger partial charge in [0.05, 0.1) is 11.9 Å². The van der Waals surface area contributed by atoms with E-state index in [-0.39, 0.29) is 5.88 Å². The van der Waals surface area contributed by atoms with Crippen molar-refractivity contribution in [3.63, 3.8) is 0 Å². The molecule has 0 radical (unpaired) electrons. The molecule has 0 N–H and O–H groups in total. The molecule has 3 saturated heterocycles. The smallest absolute Gasteiger partial charge is 0.228 e. The van der Waals surface area contributed by atoms with E-state index in [1.165, 1.54) is 0 Å². The highest BCUT2D eigenvalue weighted by Crippen LogP contribution is 2.27. The molecular weight excluding hydrogens is 284 g/mol. The van der Waals surface area contributed by atoms with Crippen LogP contribution in [0.2, 0.25) is 0 Å². The number of quaternary nitrogens is 2. The van der Waals surface area contributed by atoms with E-state index in [1.54, 1.807) is 24.3 Å². The first-order valence-corrected chi connectivity index (χ1v) is 9.55. The van der Waals surface area contributed by atoms with Crippen molar-refractivity contribution in [3.05, 3.63) is 30.3 Å². The van der Waals surface area contributed by atoms with Gasteiger partial charge in [0.15, 0.2) is 5.88 Å². The van der Waals surface area contributed by atoms with Crippen LogP contribution in [0, 0.1) is 0 Å². The van der Waals surface area contributed by atoms with Crippen molar-refractivity contribution in [2.24, 2.45) is 0 Å². The number of nitrogens with zero attached hydrogens (tertiary/aromatic N) is 2. The highest BCUT2D eigenvalue weighted by atomic mass is 32.2. The number of piperazine rings is 3. The zero-order valence-electron chi connectivity index (χ0n) is 13.5. The molecule has 0 saturated carbocycles. The first-order valence-electron chi connectivity index (χ1n) is 7.90. The fraction of sp³-hybridized carbons (Fsp3) is 0.625. The SMILES string of the molecule is CC.C[N+]12CC[N+](CS(=O)(=O)c3ccccc3)(CC1)CC2. The maximum absolute atomic E-state index is 12.5. The normalized spacial score (nSPS) is 31.4. The third-order valence-electron chi connectivity index (χ3n) is 4.89. The maximum Gasteiger partial charge on any atom is 0.228 e. The van der Waals surface area contributed by atoms with Crippen molar-refractivity contribution >= 4 is 9.84 Å². The molecule has 3 fully saturated rings. The highest BCUT2D eigenvalue weighted by Gasteiger charge is 2.48. The Morgan fingerprint density at radius 2 is 1.38 bits per heavy atom. The van der Waals surface area contributed by atoms with Gasteiger partial charge in [-0.15, -0.1) is 0 Å². The van der Waals surface area contributed by atoms with Gasteiger partial charge in [0.1, 0.15) is 39.3 Å². The van der Waals surface area contributed by atoms with Gasteiger partial charge in [-0.25, -0.2) is 8.42 Å². The van der Waals surface area contributed by atoms with Crippen molar-refractivity contribution in [2.45, 2.75) is 18.7 Å². The molecule has 0 spiro atoms. The van der Waals surface area contributed by atoms with Crippen LogP contribution in [0.25, 0.3) is 0 Å². The Morgan fingerprint density at radius 1 is 0.905 bits per heavy atom. The molecule has 0 unspecified atom stereocenters. The molecule has 4 nitrogen and oxygen atoms in total. The molecule has 4 rings (SSSR count). The molecule has 3 aliphatic rings. The molecule has 0 aliphatic carbocycles. The fourth-order valence-electron chi connectivity index (χ4n) is 3.29. The molecule has 1 aromatic carbocycles. The van der Waals surface area contributed by atoms with E-state index in [0.717, 1.165) is 48.2 Å². The number of sulfone groups is 1. The molecule has 3 aliphatic heterocycles. The number of likely N-dealkylation sites (N-methyl/N-ethyl adjacent to an activating group) is 1. The lowest BCUT2D eigenvalue weighted by atomic mass is 10.1. The lowest BCUT2D eigenvalue weighted by Crippen LogP contribution is -2.74. The van der Waals surface area contributed by atoms with E-state index in [9.17, 15) is 8.42 Å². The van der Waals surface area contributed by atoms with Gasteiger partial charge in [0.2, 0.25) is 9.84 Å². The van der Waals surface area contributed by atoms with E-state index in [4.69, 9.17) is 0 Å². The monoisotopic (exact) mass is 312 g/mol. The van der Waals surface area contributed by atoms with Gasteiger partial charge in [0.25, 0.3) is 0 Å². The van der Waals surface area contributed by atoms with Crippen LogP contribution in [0.5, 0.6) is 0 Å². The summed E-state index contributed by atoms with van der Waals surface area (Å²) in [6.45, 7) is 10.4. The zero-order valence-corrected chi connectivity index (χ0v) is 14.3. The standard InChI is InChI=1S/C14H22N2O2S.C2H6/c1-15-7-10-16(11-8-15,12-9-15)13-19(17,18)14-5-3-2-4-6-14;1-2/h2-6H,7-13H2,1H3;1-2H3/q+2;. The molecule has 0 atom stereocenters. The van der Waals surface area contributed by atoms with Gasteiger partial charge < -0.3 is 4.48 Å². The zero-order chi connectivity index (χ0) is 15.6. The number of hydrogen-bond donors (Lipinski definition) is 0. The third-order valence-corrected chi connectivity index (χ3v) is 6.77. The van der Waals surface area contributed by atoms with Gasteiger partial charge >= 0.3 is 0 Å². The number of benzene rings is 1. The summed E-state index contributed by atoms with van der Waals surface area (Å²) in [6.07, 6.45) is 0. The van der Waals surface area contributed by atoms with Crippen LogP contribution in [0.3, 0.4) is 0 Å². The molecule has 21 heavy (non-hydrogen) atoms. The lowest BCUT2D eigenvalue weighted by Gasteiger charge is -2.53. The molecule has 3 heterocycles. The van der Waals surface area contributed by atoms with E-state index in [2.05, 4.69) is 7.05 Å². The van der Waals surface area contributed by atoms with Crippen molar-refractivity contribution in [1.82, 2.24) is 0 Å². The van der Waals surface area contributed by atoms with Gasteiger partial charge in [-0.2, -0.15) is 0 Å². The summed E-state index contributed by atoms with van der Waals surface area (Å²) >= 11 is 0. The van der Waals surface area contributed by atoms with E-state index < -0.39 is 9.84 Å². The lowest BCUT2D eigenvalue weighted by molar-refractivity contribution is -1.07. The Kier molecular flexibility index (Phi) is 4.76. The summed E-state index contributed by atoms with van der Waals surface area (Å²) in [4.78, 5) is 0.468. The van der Waals surface area contributed by atoms with Crippen LogP contribution >= 0.6 is 0 Å². The molecule has 2 bridgehead atoms. The average Bonchev–Trinajstić information content (AvgIpc) is 2.52. The largest absolute Gasteiger partial charge is 0.312 e. The molecule has 118 valence electrons. The van der Waals surface area contributed by atoms with Crippen molar-refractivity contribution < 1.29 is 17.4 Å². The summed E-state index contributed by atoms with van der Waals surface area (Å²) in [5.74, 6) is 0.275. The predicted octanol–water partition coefficient (Wildman–Crippen LogP) is 1.73. The fourth-order valence-corrected chi connectivity index (χ4v) is 5.12. The minimum Gasteiger partial charge on any atom is -0.312 e. The predicted molar refractivity (Wildman–Crippen MR) is 85.5 cm³/mol. The molecular formula is C16H28N2O2S+2. The van der Waals surface area contributed by atoms with Crippen LogP contribution in [-0.4, -0.2) is 69.6 Å². The Labute approximate surface area is 129 Å². The second kappa shape index (κ2) is 6.07. The first-order chi connectivity index (χ1) is 9.93. The quantitative estimate of drug-likeness (QED) is 0.797. The highest BCUT2D eigenvalue weighted by molar-refractivity contribution is 7.91. The van der Waals surface area contributed by atoms with E-state index >= 15 is 0 Å². The topological polar surface area (TPSA) is 34.1 Å². The summed E-state index contributed by atoms with van der Waals surface area (Å²) in [5, 5.41) is 0. The molecule has 0 aromatic heterocycles. The summed E-state index contributed by atoms with van der Waals surface area (Å²) < 4.78 is 27.0. The van der Waals surface area contributed by atoms with E-state index in [1.807, 2.05) is 19.9 Å². The van der Waals surface area contributed by atoms with Gasteiger partial charge in [0, 0.05) is 0 Å². The molecule has 0 amide bonds. The van der Waals surface area contributed by atoms with Crippen LogP contribution in [0.15, 0.2) is 35.2 Å². The minimum absolute atomic E-state index is 0.275. The van der Waals surface area contributed by atoms with Crippen LogP contribution in [0.1, 0.15) is 13.8 Å².